The van der Waals surface area contributed by atoms with Crippen LogP contribution in [0.5, 0.6) is 0 Å². The van der Waals surface area contributed by atoms with Crippen molar-refractivity contribution in [1.29, 1.82) is 0 Å². The first kappa shape index (κ1) is 16.7. The second-order valence-corrected chi connectivity index (χ2v) is 6.96. The van der Waals surface area contributed by atoms with Crippen LogP contribution < -0.4 is 4.90 Å². The van der Waals surface area contributed by atoms with Gasteiger partial charge in [-0.05, 0) is 36.6 Å². The van der Waals surface area contributed by atoms with E-state index in [9.17, 15) is 9.59 Å². The smallest absolute Gasteiger partial charge is 0.255 e. The Morgan fingerprint density at radius 3 is 2.85 bits per heavy atom. The van der Waals surface area contributed by atoms with E-state index >= 15 is 0 Å². The Labute approximate surface area is 155 Å². The number of thioether (sulfide) groups is 1. The van der Waals surface area contributed by atoms with Gasteiger partial charge in [-0.2, -0.15) is 5.10 Å². The van der Waals surface area contributed by atoms with Crippen LogP contribution in [0, 0.1) is 0 Å². The number of anilines is 1. The van der Waals surface area contributed by atoms with Crippen molar-refractivity contribution in [3.8, 4) is 0 Å². The molecule has 1 N–H and O–H groups in total. The van der Waals surface area contributed by atoms with Crippen molar-refractivity contribution in [2.45, 2.75) is 4.90 Å². The molecule has 0 saturated carbocycles. The second-order valence-electron chi connectivity index (χ2n) is 6.11. The molecule has 1 aromatic heterocycles. The molecule has 0 spiro atoms. The Balaban J connectivity index is 1.53. The molecule has 1 aliphatic heterocycles. The molecule has 132 valence electrons. The van der Waals surface area contributed by atoms with Crippen molar-refractivity contribution in [3.05, 3.63) is 54.2 Å². The van der Waals surface area contributed by atoms with E-state index in [2.05, 4.69) is 10.2 Å². The van der Waals surface area contributed by atoms with Crippen LogP contribution in [0.15, 0.2) is 53.6 Å². The summed E-state index contributed by atoms with van der Waals surface area (Å²) < 4.78 is 0. The van der Waals surface area contributed by atoms with Crippen LogP contribution in [0.1, 0.15) is 10.4 Å². The molecule has 4 rings (SSSR count). The molecular weight excluding hydrogens is 348 g/mol. The maximum absolute atomic E-state index is 12.8. The zero-order valence-corrected chi connectivity index (χ0v) is 15.1. The van der Waals surface area contributed by atoms with Crippen LogP contribution >= 0.6 is 11.8 Å². The van der Waals surface area contributed by atoms with E-state index in [1.165, 1.54) is 11.8 Å². The number of nitrogens with zero attached hydrogens (tertiary/aromatic N) is 3. The molecule has 0 radical (unpaired) electrons. The third kappa shape index (κ3) is 2.94. The summed E-state index contributed by atoms with van der Waals surface area (Å²) in [5.41, 5.74) is 2.42. The quantitative estimate of drug-likeness (QED) is 0.724. The van der Waals surface area contributed by atoms with Crippen molar-refractivity contribution >= 4 is 40.2 Å². The molecule has 2 aromatic carbocycles. The van der Waals surface area contributed by atoms with Crippen LogP contribution in [0.2, 0.25) is 0 Å². The van der Waals surface area contributed by atoms with Gasteiger partial charge in [-0.3, -0.25) is 14.7 Å². The van der Waals surface area contributed by atoms with E-state index in [1.807, 2.05) is 48.7 Å². The van der Waals surface area contributed by atoms with Gasteiger partial charge < -0.3 is 9.80 Å². The number of aromatic amines is 1. The molecule has 0 atom stereocenters. The number of fused-ring (bicyclic) bond motifs is 1. The lowest BCUT2D eigenvalue weighted by Gasteiger charge is -2.34. The van der Waals surface area contributed by atoms with E-state index < -0.39 is 0 Å². The fourth-order valence-electron chi connectivity index (χ4n) is 3.21. The first-order chi connectivity index (χ1) is 12.7. The highest BCUT2D eigenvalue weighted by Crippen LogP contribution is 2.25. The van der Waals surface area contributed by atoms with Crippen LogP contribution in [-0.4, -0.2) is 52.8 Å². The lowest BCUT2D eigenvalue weighted by atomic mass is 10.1. The Morgan fingerprint density at radius 2 is 2.04 bits per heavy atom. The first-order valence-corrected chi connectivity index (χ1v) is 9.55. The predicted molar refractivity (Wildman–Crippen MR) is 103 cm³/mol. The maximum atomic E-state index is 12.8. The summed E-state index contributed by atoms with van der Waals surface area (Å²) in [5, 5.41) is 7.87. The zero-order valence-electron chi connectivity index (χ0n) is 14.3. The van der Waals surface area contributed by atoms with Gasteiger partial charge in [0, 0.05) is 29.1 Å². The lowest BCUT2D eigenvalue weighted by Crippen LogP contribution is -2.52. The van der Waals surface area contributed by atoms with Gasteiger partial charge in [0.15, 0.2) is 0 Å². The number of aromatic nitrogens is 2. The van der Waals surface area contributed by atoms with E-state index in [1.54, 1.807) is 16.0 Å². The van der Waals surface area contributed by atoms with Crippen LogP contribution in [0.4, 0.5) is 5.69 Å². The molecule has 26 heavy (non-hydrogen) atoms. The Bertz CT molecular complexity index is 984. The zero-order chi connectivity index (χ0) is 18.1. The number of carbonyl (C=O) groups excluding carboxylic acids is 2. The molecule has 6 nitrogen and oxygen atoms in total. The Hall–Kier alpha value is -2.80. The largest absolute Gasteiger partial charge is 0.327 e. The molecule has 1 fully saturated rings. The average molecular weight is 366 g/mol. The van der Waals surface area contributed by atoms with E-state index in [4.69, 9.17) is 0 Å². The number of piperazine rings is 1. The minimum Gasteiger partial charge on any atom is -0.327 e. The number of carbonyl (C=O) groups is 2. The van der Waals surface area contributed by atoms with Crippen molar-refractivity contribution < 1.29 is 9.59 Å². The van der Waals surface area contributed by atoms with Gasteiger partial charge in [0.05, 0.1) is 17.3 Å². The van der Waals surface area contributed by atoms with Gasteiger partial charge in [-0.25, -0.2) is 0 Å². The van der Waals surface area contributed by atoms with Gasteiger partial charge >= 0.3 is 0 Å². The van der Waals surface area contributed by atoms with Crippen molar-refractivity contribution in [2.24, 2.45) is 0 Å². The van der Waals surface area contributed by atoms with Gasteiger partial charge in [0.1, 0.15) is 6.54 Å². The van der Waals surface area contributed by atoms with Crippen molar-refractivity contribution in [2.75, 3.05) is 30.8 Å². The van der Waals surface area contributed by atoms with Gasteiger partial charge in [-0.1, -0.05) is 12.1 Å². The number of hydrogen-bond donors (Lipinski definition) is 1. The standard InChI is InChI=1S/C19H18N4O2S/c1-26-17-5-3-2-4-15(17)19(25)22-8-9-23(18(24)12-22)14-6-7-16-13(10-14)11-20-21-16/h2-7,10-11H,8-9,12H2,1H3,(H,20,21). The molecular formula is C19H18N4O2S. The first-order valence-electron chi connectivity index (χ1n) is 8.33. The van der Waals surface area contributed by atoms with E-state index in [0.29, 0.717) is 18.7 Å². The second kappa shape index (κ2) is 6.84. The number of hydrogen-bond acceptors (Lipinski definition) is 4. The predicted octanol–water partition coefficient (Wildman–Crippen LogP) is 2.77. The molecule has 0 unspecified atom stereocenters. The SMILES string of the molecule is CSc1ccccc1C(=O)N1CCN(c2ccc3[nH]ncc3c2)C(=O)C1. The summed E-state index contributed by atoms with van der Waals surface area (Å²) in [6.07, 6.45) is 3.68. The minimum atomic E-state index is -0.0896. The van der Waals surface area contributed by atoms with Crippen molar-refractivity contribution in [3.63, 3.8) is 0 Å². The summed E-state index contributed by atoms with van der Waals surface area (Å²) in [7, 11) is 0. The summed E-state index contributed by atoms with van der Waals surface area (Å²) in [4.78, 5) is 29.8. The molecule has 0 bridgehead atoms. The number of nitrogens with one attached hydrogen (secondary N) is 1. The van der Waals surface area contributed by atoms with Gasteiger partial charge in [-0.15, -0.1) is 11.8 Å². The summed E-state index contributed by atoms with van der Waals surface area (Å²) >= 11 is 1.54. The highest BCUT2D eigenvalue weighted by molar-refractivity contribution is 7.98. The molecule has 2 heterocycles. The van der Waals surface area contributed by atoms with E-state index in [0.717, 1.165) is 21.5 Å². The highest BCUT2D eigenvalue weighted by atomic mass is 32.2. The van der Waals surface area contributed by atoms with Crippen LogP contribution in [0.3, 0.4) is 0 Å². The number of amides is 2. The normalized spacial score (nSPS) is 14.9. The number of benzene rings is 2. The Morgan fingerprint density at radius 1 is 1.19 bits per heavy atom. The van der Waals surface area contributed by atoms with Gasteiger partial charge in [0.25, 0.3) is 5.91 Å². The summed E-state index contributed by atoms with van der Waals surface area (Å²) in [6.45, 7) is 1.08. The average Bonchev–Trinajstić information content (AvgIpc) is 3.15. The fraction of sp³-hybridized carbons (Fsp3) is 0.211. The fourth-order valence-corrected chi connectivity index (χ4v) is 3.80. The molecule has 7 heteroatoms. The van der Waals surface area contributed by atoms with Gasteiger partial charge in [0.2, 0.25) is 5.91 Å². The monoisotopic (exact) mass is 366 g/mol. The maximum Gasteiger partial charge on any atom is 0.255 e. The molecule has 1 saturated heterocycles. The minimum absolute atomic E-state index is 0.0749. The topological polar surface area (TPSA) is 69.3 Å². The van der Waals surface area contributed by atoms with E-state index in [-0.39, 0.29) is 18.4 Å². The Kier molecular flexibility index (Phi) is 4.38. The molecule has 1 aliphatic rings. The van der Waals surface area contributed by atoms with Crippen LogP contribution in [-0.2, 0) is 4.79 Å². The van der Waals surface area contributed by atoms with Crippen molar-refractivity contribution in [1.82, 2.24) is 15.1 Å². The number of rotatable bonds is 3. The molecule has 3 aromatic rings. The molecule has 0 aliphatic carbocycles. The molecule has 2 amide bonds. The highest BCUT2D eigenvalue weighted by Gasteiger charge is 2.29. The van der Waals surface area contributed by atoms with Crippen LogP contribution in [0.25, 0.3) is 10.9 Å². The third-order valence-corrected chi connectivity index (χ3v) is 5.38. The summed E-state index contributed by atoms with van der Waals surface area (Å²) in [6, 6.07) is 13.3. The summed E-state index contributed by atoms with van der Waals surface area (Å²) in [5.74, 6) is -0.165. The number of H-pyrrole nitrogens is 1. The third-order valence-electron chi connectivity index (χ3n) is 4.58. The lowest BCUT2D eigenvalue weighted by molar-refractivity contribution is -0.120.